The fourth-order valence-electron chi connectivity index (χ4n) is 2.34. The van der Waals surface area contributed by atoms with Crippen molar-refractivity contribution in [1.82, 2.24) is 10.2 Å². The molecule has 24 heavy (non-hydrogen) atoms. The van der Waals surface area contributed by atoms with Crippen molar-refractivity contribution < 1.29 is 13.2 Å². The van der Waals surface area contributed by atoms with E-state index < -0.39 is 10.0 Å². The standard InChI is InChI=1S/C17H15N3O3S/c1-12(21)16-8-7-14(13-5-3-2-4-6-13)9-17(16)20-24(22,23)15-10-18-19-11-15/h2-11,20H,1H3,(H,18,19). The van der Waals surface area contributed by atoms with Crippen molar-refractivity contribution in [2.24, 2.45) is 0 Å². The maximum Gasteiger partial charge on any atom is 0.265 e. The third-order valence-corrected chi connectivity index (χ3v) is 4.87. The molecule has 0 bridgehead atoms. The van der Waals surface area contributed by atoms with Crippen LogP contribution in [0, 0.1) is 0 Å². The van der Waals surface area contributed by atoms with Crippen LogP contribution in [-0.4, -0.2) is 24.4 Å². The van der Waals surface area contributed by atoms with Crippen molar-refractivity contribution >= 4 is 21.5 Å². The molecule has 0 aliphatic carbocycles. The first-order valence-corrected chi connectivity index (χ1v) is 8.68. The summed E-state index contributed by atoms with van der Waals surface area (Å²) in [6.07, 6.45) is 2.48. The summed E-state index contributed by atoms with van der Waals surface area (Å²) in [5, 5.41) is 6.10. The summed E-state index contributed by atoms with van der Waals surface area (Å²) >= 11 is 0. The Morgan fingerprint density at radius 1 is 1.08 bits per heavy atom. The molecule has 3 rings (SSSR count). The van der Waals surface area contributed by atoms with E-state index in [2.05, 4.69) is 14.9 Å². The van der Waals surface area contributed by atoms with E-state index in [1.165, 1.54) is 19.3 Å². The summed E-state index contributed by atoms with van der Waals surface area (Å²) in [7, 11) is -3.82. The number of nitrogens with one attached hydrogen (secondary N) is 2. The van der Waals surface area contributed by atoms with E-state index in [0.717, 1.165) is 11.1 Å². The van der Waals surface area contributed by atoms with Gasteiger partial charge in [0.15, 0.2) is 5.78 Å². The van der Waals surface area contributed by atoms with Crippen LogP contribution in [0.2, 0.25) is 0 Å². The average Bonchev–Trinajstić information content (AvgIpc) is 3.10. The molecule has 0 amide bonds. The molecule has 0 spiro atoms. The Bertz CT molecular complexity index is 966. The largest absolute Gasteiger partial charge is 0.294 e. The number of carbonyl (C=O) groups excluding carboxylic acids is 1. The summed E-state index contributed by atoms with van der Waals surface area (Å²) < 4.78 is 27.3. The molecule has 0 radical (unpaired) electrons. The van der Waals surface area contributed by atoms with Crippen LogP contribution in [0.25, 0.3) is 11.1 Å². The Labute approximate surface area is 139 Å². The van der Waals surface area contributed by atoms with Crippen molar-refractivity contribution in [2.45, 2.75) is 11.8 Å². The van der Waals surface area contributed by atoms with Crippen molar-refractivity contribution in [3.63, 3.8) is 0 Å². The van der Waals surface area contributed by atoms with Gasteiger partial charge >= 0.3 is 0 Å². The normalized spacial score (nSPS) is 11.2. The molecule has 0 fully saturated rings. The fourth-order valence-corrected chi connectivity index (χ4v) is 3.31. The third-order valence-electron chi connectivity index (χ3n) is 3.53. The van der Waals surface area contributed by atoms with E-state index in [0.29, 0.717) is 5.56 Å². The highest BCUT2D eigenvalue weighted by Gasteiger charge is 2.19. The number of anilines is 1. The second kappa shape index (κ2) is 6.29. The quantitative estimate of drug-likeness (QED) is 0.698. The van der Waals surface area contributed by atoms with Gasteiger partial charge in [-0.1, -0.05) is 36.4 Å². The number of Topliss-reactive ketones (excluding diaryl/α,β-unsaturated/α-hetero) is 1. The lowest BCUT2D eigenvalue weighted by molar-refractivity contribution is 0.101. The molecule has 7 heteroatoms. The van der Waals surface area contributed by atoms with Gasteiger partial charge in [-0.2, -0.15) is 5.10 Å². The molecule has 122 valence electrons. The van der Waals surface area contributed by atoms with Crippen molar-refractivity contribution in [3.8, 4) is 11.1 Å². The van der Waals surface area contributed by atoms with Gasteiger partial charge in [-0.05, 0) is 30.2 Å². The SMILES string of the molecule is CC(=O)c1ccc(-c2ccccc2)cc1NS(=O)(=O)c1cn[nH]c1. The second-order valence-corrected chi connectivity index (χ2v) is 6.90. The van der Waals surface area contributed by atoms with Crippen molar-refractivity contribution in [1.29, 1.82) is 0 Å². The summed E-state index contributed by atoms with van der Waals surface area (Å²) in [5.41, 5.74) is 2.29. The number of carbonyl (C=O) groups is 1. The van der Waals surface area contributed by atoms with E-state index in [4.69, 9.17) is 0 Å². The zero-order chi connectivity index (χ0) is 17.2. The van der Waals surface area contributed by atoms with Crippen LogP contribution in [0.1, 0.15) is 17.3 Å². The predicted molar refractivity (Wildman–Crippen MR) is 91.3 cm³/mol. The molecule has 1 aromatic heterocycles. The first-order chi connectivity index (χ1) is 11.5. The lowest BCUT2D eigenvalue weighted by Gasteiger charge is -2.12. The molecule has 0 aliphatic rings. The van der Waals surface area contributed by atoms with Crippen LogP contribution < -0.4 is 4.72 Å². The molecule has 0 unspecified atom stereocenters. The van der Waals surface area contributed by atoms with E-state index in [-0.39, 0.29) is 16.4 Å². The molecule has 6 nitrogen and oxygen atoms in total. The van der Waals surface area contributed by atoms with Crippen molar-refractivity contribution in [3.05, 3.63) is 66.5 Å². The molecule has 2 aromatic carbocycles. The Balaban J connectivity index is 2.06. The number of aromatic amines is 1. The number of benzene rings is 2. The summed E-state index contributed by atoms with van der Waals surface area (Å²) in [4.78, 5) is 11.8. The number of rotatable bonds is 5. The monoisotopic (exact) mass is 341 g/mol. The third kappa shape index (κ3) is 3.21. The lowest BCUT2D eigenvalue weighted by Crippen LogP contribution is -2.14. The maximum atomic E-state index is 12.4. The highest BCUT2D eigenvalue weighted by molar-refractivity contribution is 7.92. The van der Waals surface area contributed by atoms with E-state index in [1.807, 2.05) is 30.3 Å². The summed E-state index contributed by atoms with van der Waals surface area (Å²) in [6.45, 7) is 1.40. The minimum atomic E-state index is -3.82. The number of aromatic nitrogens is 2. The Morgan fingerprint density at radius 2 is 1.83 bits per heavy atom. The van der Waals surface area contributed by atoms with E-state index >= 15 is 0 Å². The lowest BCUT2D eigenvalue weighted by atomic mass is 10.0. The van der Waals surface area contributed by atoms with Gasteiger partial charge in [-0.3, -0.25) is 14.6 Å². The molecule has 0 atom stereocenters. The smallest absolute Gasteiger partial charge is 0.265 e. The number of ketones is 1. The number of sulfonamides is 1. The molecular weight excluding hydrogens is 326 g/mol. The first kappa shape index (κ1) is 15.9. The molecule has 0 saturated heterocycles. The van der Waals surface area contributed by atoms with Gasteiger partial charge in [-0.15, -0.1) is 0 Å². The van der Waals surface area contributed by atoms with Gasteiger partial charge in [-0.25, -0.2) is 8.42 Å². The topological polar surface area (TPSA) is 91.9 Å². The van der Waals surface area contributed by atoms with Crippen molar-refractivity contribution in [2.75, 3.05) is 4.72 Å². The maximum absolute atomic E-state index is 12.4. The highest BCUT2D eigenvalue weighted by atomic mass is 32.2. The van der Waals surface area contributed by atoms with E-state index in [9.17, 15) is 13.2 Å². The van der Waals surface area contributed by atoms with Gasteiger partial charge in [0, 0.05) is 11.8 Å². The first-order valence-electron chi connectivity index (χ1n) is 7.19. The van der Waals surface area contributed by atoms with Gasteiger partial charge in [0.05, 0.1) is 11.9 Å². The minimum Gasteiger partial charge on any atom is -0.294 e. The van der Waals surface area contributed by atoms with Gasteiger partial charge in [0.25, 0.3) is 10.0 Å². The molecule has 3 aromatic rings. The van der Waals surface area contributed by atoms with Crippen LogP contribution in [0.5, 0.6) is 0 Å². The predicted octanol–water partition coefficient (Wildman–Crippen LogP) is 3.08. The zero-order valence-corrected chi connectivity index (χ0v) is 13.7. The van der Waals surface area contributed by atoms with E-state index in [1.54, 1.807) is 18.2 Å². The minimum absolute atomic E-state index is 0.00196. The Kier molecular flexibility index (Phi) is 4.18. The van der Waals surface area contributed by atoms with Gasteiger partial charge < -0.3 is 0 Å². The Hall–Kier alpha value is -2.93. The average molecular weight is 341 g/mol. The number of H-pyrrole nitrogens is 1. The zero-order valence-electron chi connectivity index (χ0n) is 12.9. The Morgan fingerprint density at radius 3 is 2.46 bits per heavy atom. The van der Waals surface area contributed by atoms with Crippen LogP contribution >= 0.6 is 0 Å². The number of nitrogens with zero attached hydrogens (tertiary/aromatic N) is 1. The van der Waals surface area contributed by atoms with Gasteiger partial charge in [0.2, 0.25) is 0 Å². The summed E-state index contributed by atoms with van der Waals surface area (Å²) in [5.74, 6) is -0.223. The van der Waals surface area contributed by atoms with Gasteiger partial charge in [0.1, 0.15) is 4.90 Å². The number of hydrogen-bond acceptors (Lipinski definition) is 4. The summed E-state index contributed by atoms with van der Waals surface area (Å²) in [6, 6.07) is 14.6. The molecular formula is C17H15N3O3S. The number of hydrogen-bond donors (Lipinski definition) is 2. The fraction of sp³-hybridized carbons (Fsp3) is 0.0588. The highest BCUT2D eigenvalue weighted by Crippen LogP contribution is 2.27. The van der Waals surface area contributed by atoms with Crippen LogP contribution in [-0.2, 0) is 10.0 Å². The van der Waals surface area contributed by atoms with Crippen LogP contribution in [0.4, 0.5) is 5.69 Å². The van der Waals surface area contributed by atoms with Crippen LogP contribution in [0.3, 0.4) is 0 Å². The molecule has 0 saturated carbocycles. The van der Waals surface area contributed by atoms with Crippen LogP contribution in [0.15, 0.2) is 65.8 Å². The molecule has 2 N–H and O–H groups in total. The molecule has 0 aliphatic heterocycles. The second-order valence-electron chi connectivity index (χ2n) is 5.22. The molecule has 1 heterocycles.